The van der Waals surface area contributed by atoms with Gasteiger partial charge in [-0.05, 0) is 25.1 Å². The molecule has 0 atom stereocenters. The molecule has 0 fully saturated rings. The van der Waals surface area contributed by atoms with Gasteiger partial charge in [-0.25, -0.2) is 9.37 Å². The smallest absolute Gasteiger partial charge is 0.172 e. The number of fused-ring (bicyclic) bond motifs is 1. The van der Waals surface area contributed by atoms with Gasteiger partial charge < -0.3 is 5.32 Å². The third-order valence-corrected chi connectivity index (χ3v) is 4.42. The monoisotopic (exact) mass is 321 g/mol. The molecule has 0 radical (unpaired) electrons. The minimum absolute atomic E-state index is 0.289. The first kappa shape index (κ1) is 14.2. The van der Waals surface area contributed by atoms with E-state index in [1.165, 1.54) is 11.1 Å². The fraction of sp³-hybridized carbons (Fsp3) is 0.200. The fourth-order valence-electron chi connectivity index (χ4n) is 2.11. The standard InChI is InChI=1S/C15H13ClFN3S/c1-9-8-20-13(21-9)5-7-18-12-3-2-10-11(16)4-6-19-15(10)14(12)17/h2-4,6,8,18H,5,7H2,1H3. The topological polar surface area (TPSA) is 37.8 Å². The Hall–Kier alpha value is -1.72. The molecule has 0 aliphatic rings. The molecule has 1 aromatic carbocycles. The van der Waals surface area contributed by atoms with Crippen LogP contribution in [0.4, 0.5) is 10.1 Å². The summed E-state index contributed by atoms with van der Waals surface area (Å²) < 4.78 is 14.4. The Balaban J connectivity index is 1.76. The summed E-state index contributed by atoms with van der Waals surface area (Å²) in [5.74, 6) is -0.370. The number of pyridine rings is 1. The zero-order valence-corrected chi connectivity index (χ0v) is 12.9. The first-order valence-corrected chi connectivity index (χ1v) is 7.72. The number of anilines is 1. The van der Waals surface area contributed by atoms with Crippen LogP contribution in [-0.2, 0) is 6.42 Å². The number of rotatable bonds is 4. The Morgan fingerprint density at radius 1 is 1.29 bits per heavy atom. The molecule has 1 N–H and O–H groups in total. The predicted octanol–water partition coefficient (Wildman–Crippen LogP) is 4.45. The van der Waals surface area contributed by atoms with E-state index in [0.717, 1.165) is 11.4 Å². The van der Waals surface area contributed by atoms with Crippen molar-refractivity contribution in [3.63, 3.8) is 0 Å². The predicted molar refractivity (Wildman–Crippen MR) is 85.8 cm³/mol. The maximum Gasteiger partial charge on any atom is 0.172 e. The molecule has 2 aromatic heterocycles. The van der Waals surface area contributed by atoms with Gasteiger partial charge in [-0.15, -0.1) is 11.3 Å². The van der Waals surface area contributed by atoms with Crippen molar-refractivity contribution in [1.82, 2.24) is 9.97 Å². The second-order valence-corrected chi connectivity index (χ2v) is 6.38. The molecule has 0 saturated heterocycles. The van der Waals surface area contributed by atoms with Gasteiger partial charge in [-0.3, -0.25) is 4.98 Å². The summed E-state index contributed by atoms with van der Waals surface area (Å²) in [4.78, 5) is 9.53. The second-order valence-electron chi connectivity index (χ2n) is 4.66. The van der Waals surface area contributed by atoms with Crippen molar-refractivity contribution in [1.29, 1.82) is 0 Å². The Morgan fingerprint density at radius 2 is 2.14 bits per heavy atom. The lowest BCUT2D eigenvalue weighted by molar-refractivity contribution is 0.639. The van der Waals surface area contributed by atoms with Crippen molar-refractivity contribution in [2.45, 2.75) is 13.3 Å². The zero-order chi connectivity index (χ0) is 14.8. The van der Waals surface area contributed by atoms with E-state index in [1.54, 1.807) is 29.5 Å². The lowest BCUT2D eigenvalue weighted by atomic mass is 10.2. The number of nitrogens with zero attached hydrogens (tertiary/aromatic N) is 2. The van der Waals surface area contributed by atoms with Gasteiger partial charge in [-0.1, -0.05) is 11.6 Å². The lowest BCUT2D eigenvalue weighted by Crippen LogP contribution is -2.06. The number of hydrogen-bond donors (Lipinski definition) is 1. The van der Waals surface area contributed by atoms with Gasteiger partial charge in [0.25, 0.3) is 0 Å². The first-order chi connectivity index (χ1) is 10.1. The average molecular weight is 322 g/mol. The van der Waals surface area contributed by atoms with E-state index in [4.69, 9.17) is 11.6 Å². The number of aryl methyl sites for hydroxylation is 1. The van der Waals surface area contributed by atoms with Gasteiger partial charge in [0.15, 0.2) is 5.82 Å². The van der Waals surface area contributed by atoms with Crippen molar-refractivity contribution < 1.29 is 4.39 Å². The Labute approximate surface area is 130 Å². The van der Waals surface area contributed by atoms with E-state index < -0.39 is 0 Å². The number of thiazole rings is 1. The van der Waals surface area contributed by atoms with E-state index in [0.29, 0.717) is 22.6 Å². The Morgan fingerprint density at radius 3 is 2.90 bits per heavy atom. The molecular formula is C15H13ClFN3S. The normalized spacial score (nSPS) is 11.0. The molecule has 0 spiro atoms. The number of hydrogen-bond acceptors (Lipinski definition) is 4. The molecule has 3 aromatic rings. The van der Waals surface area contributed by atoms with Gasteiger partial charge >= 0.3 is 0 Å². The maximum absolute atomic E-state index is 14.4. The highest BCUT2D eigenvalue weighted by Gasteiger charge is 2.10. The van der Waals surface area contributed by atoms with Crippen LogP contribution in [0.2, 0.25) is 5.02 Å². The van der Waals surface area contributed by atoms with Crippen LogP contribution < -0.4 is 5.32 Å². The van der Waals surface area contributed by atoms with Crippen LogP contribution in [0, 0.1) is 12.7 Å². The van der Waals surface area contributed by atoms with E-state index in [9.17, 15) is 4.39 Å². The van der Waals surface area contributed by atoms with Crippen molar-refractivity contribution >= 4 is 39.5 Å². The van der Waals surface area contributed by atoms with Crippen molar-refractivity contribution in [3.8, 4) is 0 Å². The second kappa shape index (κ2) is 5.95. The molecule has 3 rings (SSSR count). The molecule has 0 bridgehead atoms. The summed E-state index contributed by atoms with van der Waals surface area (Å²) in [6.07, 6.45) is 4.12. The van der Waals surface area contributed by atoms with E-state index >= 15 is 0 Å². The Kier molecular flexibility index (Phi) is 4.03. The van der Waals surface area contributed by atoms with Crippen LogP contribution in [0.15, 0.2) is 30.6 Å². The van der Waals surface area contributed by atoms with Crippen LogP contribution >= 0.6 is 22.9 Å². The lowest BCUT2D eigenvalue weighted by Gasteiger charge is -2.09. The number of nitrogens with one attached hydrogen (secondary N) is 1. The number of halogens is 2. The summed E-state index contributed by atoms with van der Waals surface area (Å²) in [6.45, 7) is 2.64. The highest BCUT2D eigenvalue weighted by molar-refractivity contribution is 7.11. The molecule has 6 heteroatoms. The molecule has 0 amide bonds. The minimum Gasteiger partial charge on any atom is -0.382 e. The van der Waals surface area contributed by atoms with E-state index in [1.807, 2.05) is 13.1 Å². The number of aromatic nitrogens is 2. The largest absolute Gasteiger partial charge is 0.382 e. The molecule has 0 saturated carbocycles. The van der Waals surface area contributed by atoms with Crippen molar-refractivity contribution in [3.05, 3.63) is 51.3 Å². The van der Waals surface area contributed by atoms with Crippen LogP contribution in [0.1, 0.15) is 9.88 Å². The molecule has 2 heterocycles. The molecule has 0 aliphatic heterocycles. The Bertz CT molecular complexity index is 788. The third kappa shape index (κ3) is 2.99. The maximum atomic E-state index is 14.4. The molecule has 3 nitrogen and oxygen atoms in total. The van der Waals surface area contributed by atoms with E-state index in [2.05, 4.69) is 15.3 Å². The molecule has 0 unspecified atom stereocenters. The van der Waals surface area contributed by atoms with Crippen LogP contribution in [-0.4, -0.2) is 16.5 Å². The third-order valence-electron chi connectivity index (χ3n) is 3.12. The van der Waals surface area contributed by atoms with Crippen LogP contribution in [0.5, 0.6) is 0 Å². The van der Waals surface area contributed by atoms with Gasteiger partial charge in [-0.2, -0.15) is 0 Å². The SMILES string of the molecule is Cc1cnc(CCNc2ccc3c(Cl)ccnc3c2F)s1. The fourth-order valence-corrected chi connectivity index (χ4v) is 3.10. The molecular weight excluding hydrogens is 309 g/mol. The average Bonchev–Trinajstić information content (AvgIpc) is 2.88. The van der Waals surface area contributed by atoms with Gasteiger partial charge in [0, 0.05) is 35.6 Å². The highest BCUT2D eigenvalue weighted by Crippen LogP contribution is 2.27. The summed E-state index contributed by atoms with van der Waals surface area (Å²) in [7, 11) is 0. The quantitative estimate of drug-likeness (QED) is 0.771. The van der Waals surface area contributed by atoms with Gasteiger partial charge in [0.05, 0.1) is 15.7 Å². The number of benzene rings is 1. The minimum atomic E-state index is -0.370. The summed E-state index contributed by atoms with van der Waals surface area (Å²) in [5, 5.41) is 5.26. The molecule has 21 heavy (non-hydrogen) atoms. The van der Waals surface area contributed by atoms with Crippen molar-refractivity contribution in [2.24, 2.45) is 0 Å². The van der Waals surface area contributed by atoms with Gasteiger partial charge in [0.1, 0.15) is 5.52 Å². The first-order valence-electron chi connectivity index (χ1n) is 6.53. The van der Waals surface area contributed by atoms with Crippen LogP contribution in [0.3, 0.4) is 0 Å². The summed E-state index contributed by atoms with van der Waals surface area (Å²) in [6, 6.07) is 5.13. The summed E-state index contributed by atoms with van der Waals surface area (Å²) >= 11 is 7.69. The van der Waals surface area contributed by atoms with Crippen molar-refractivity contribution in [2.75, 3.05) is 11.9 Å². The van der Waals surface area contributed by atoms with Crippen LogP contribution in [0.25, 0.3) is 10.9 Å². The summed E-state index contributed by atoms with van der Waals surface area (Å²) in [5.41, 5.74) is 0.725. The molecule has 108 valence electrons. The van der Waals surface area contributed by atoms with Gasteiger partial charge in [0.2, 0.25) is 0 Å². The highest BCUT2D eigenvalue weighted by atomic mass is 35.5. The zero-order valence-electron chi connectivity index (χ0n) is 11.4. The molecule has 0 aliphatic carbocycles. The van der Waals surface area contributed by atoms with E-state index in [-0.39, 0.29) is 11.3 Å².